The fourth-order valence-corrected chi connectivity index (χ4v) is 5.76. The van der Waals surface area contributed by atoms with Crippen LogP contribution in [0.15, 0.2) is 60.8 Å². The summed E-state index contributed by atoms with van der Waals surface area (Å²) in [4.78, 5) is 45.2. The number of pyridine rings is 1. The van der Waals surface area contributed by atoms with Crippen LogP contribution in [0.5, 0.6) is 5.75 Å². The number of thiophene rings is 1. The van der Waals surface area contributed by atoms with Crippen molar-refractivity contribution < 1.29 is 45.9 Å². The van der Waals surface area contributed by atoms with E-state index in [1.54, 1.807) is 19.0 Å². The standard InChI is InChI=1S/C31H28F5N5O6S/c1-4-46-30(43)40(16-21-23(32)6-5-7-24(21)33)29-26(28(42)38-25-13-12-20(14-37-25)47-17-31(34,35)36)22(15-39(2)3)27(48-29)18-8-10-19(11-9-18)41(44)45/h5-14H,4,15-17H2,1-3H3,(H,37,38,42). The van der Waals surface area contributed by atoms with Crippen molar-refractivity contribution >= 4 is 39.8 Å². The van der Waals surface area contributed by atoms with Crippen LogP contribution in [0.4, 0.5) is 43.3 Å². The number of benzene rings is 2. The summed E-state index contributed by atoms with van der Waals surface area (Å²) in [6.45, 7) is -0.731. The van der Waals surface area contributed by atoms with Crippen molar-refractivity contribution in [3.63, 3.8) is 0 Å². The SMILES string of the molecule is CCOC(=O)N(Cc1c(F)cccc1F)c1sc(-c2ccc([N+](=O)[O-])cc2)c(CN(C)C)c1C(=O)Nc1ccc(OCC(F)(F)F)cn1. The van der Waals surface area contributed by atoms with E-state index in [2.05, 4.69) is 15.0 Å². The van der Waals surface area contributed by atoms with Crippen LogP contribution in [0, 0.1) is 21.7 Å². The van der Waals surface area contributed by atoms with Crippen molar-refractivity contribution in [1.82, 2.24) is 9.88 Å². The van der Waals surface area contributed by atoms with Gasteiger partial charge in [-0.2, -0.15) is 13.2 Å². The number of nitrogens with zero attached hydrogens (tertiary/aromatic N) is 4. The summed E-state index contributed by atoms with van der Waals surface area (Å²) in [7, 11) is 3.41. The molecule has 4 aromatic rings. The Bertz CT molecular complexity index is 1760. The lowest BCUT2D eigenvalue weighted by molar-refractivity contribution is -0.384. The maximum absolute atomic E-state index is 14.9. The first-order valence-electron chi connectivity index (χ1n) is 14.1. The number of nitrogens with one attached hydrogen (secondary N) is 1. The van der Waals surface area contributed by atoms with Crippen LogP contribution in [-0.4, -0.2) is 60.3 Å². The Labute approximate surface area is 274 Å². The van der Waals surface area contributed by atoms with Crippen molar-refractivity contribution in [1.29, 1.82) is 0 Å². The summed E-state index contributed by atoms with van der Waals surface area (Å²) in [5, 5.41) is 13.8. The number of aromatic nitrogens is 1. The Morgan fingerprint density at radius 2 is 1.67 bits per heavy atom. The van der Waals surface area contributed by atoms with E-state index >= 15 is 0 Å². The fraction of sp³-hybridized carbons (Fsp3) is 0.258. The molecule has 2 aromatic heterocycles. The highest BCUT2D eigenvalue weighted by molar-refractivity contribution is 7.20. The number of rotatable bonds is 12. The monoisotopic (exact) mass is 693 g/mol. The molecule has 0 aliphatic heterocycles. The Kier molecular flexibility index (Phi) is 11.3. The first-order chi connectivity index (χ1) is 22.7. The van der Waals surface area contributed by atoms with E-state index in [1.807, 2.05) is 0 Å². The van der Waals surface area contributed by atoms with Crippen molar-refractivity contribution in [3.8, 4) is 16.2 Å². The maximum atomic E-state index is 14.9. The number of halogens is 5. The highest BCUT2D eigenvalue weighted by Gasteiger charge is 2.33. The molecule has 254 valence electrons. The minimum absolute atomic E-state index is 0.0658. The van der Waals surface area contributed by atoms with Gasteiger partial charge < -0.3 is 19.7 Å². The average Bonchev–Trinajstić information content (AvgIpc) is 3.38. The van der Waals surface area contributed by atoms with Gasteiger partial charge in [0.15, 0.2) is 6.61 Å². The molecular weight excluding hydrogens is 665 g/mol. The second-order valence-corrected chi connectivity index (χ2v) is 11.4. The van der Waals surface area contributed by atoms with Gasteiger partial charge in [0.1, 0.15) is 28.2 Å². The zero-order valence-electron chi connectivity index (χ0n) is 25.6. The topological polar surface area (TPSA) is 127 Å². The number of amides is 2. The van der Waals surface area contributed by atoms with Gasteiger partial charge in [-0.15, -0.1) is 11.3 Å². The molecule has 17 heteroatoms. The van der Waals surface area contributed by atoms with E-state index in [1.165, 1.54) is 37.3 Å². The summed E-state index contributed by atoms with van der Waals surface area (Å²) in [5.74, 6) is -3.03. The largest absolute Gasteiger partial charge is 0.483 e. The molecule has 1 N–H and O–H groups in total. The summed E-state index contributed by atoms with van der Waals surface area (Å²) in [5.41, 5.74) is 0.00537. The number of nitro benzene ring substituents is 1. The van der Waals surface area contributed by atoms with Crippen LogP contribution in [-0.2, 0) is 17.8 Å². The van der Waals surface area contributed by atoms with Gasteiger partial charge in [-0.3, -0.25) is 19.8 Å². The smallest absolute Gasteiger partial charge is 0.422 e. The van der Waals surface area contributed by atoms with E-state index in [0.29, 0.717) is 16.0 Å². The minimum atomic E-state index is -4.58. The Hall–Kier alpha value is -5.16. The number of anilines is 2. The predicted molar refractivity (Wildman–Crippen MR) is 167 cm³/mol. The zero-order valence-corrected chi connectivity index (χ0v) is 26.5. The molecule has 0 spiro atoms. The van der Waals surface area contributed by atoms with Crippen LogP contribution in [0.1, 0.15) is 28.4 Å². The average molecular weight is 694 g/mol. The van der Waals surface area contributed by atoms with E-state index in [4.69, 9.17) is 4.74 Å². The number of nitro groups is 1. The van der Waals surface area contributed by atoms with Crippen molar-refractivity contribution in [3.05, 3.63) is 99.2 Å². The molecule has 0 fully saturated rings. The van der Waals surface area contributed by atoms with E-state index in [0.717, 1.165) is 46.7 Å². The molecule has 2 amide bonds. The Morgan fingerprint density at radius 1 is 1.00 bits per heavy atom. The van der Waals surface area contributed by atoms with Gasteiger partial charge in [-0.25, -0.2) is 18.6 Å². The third-order valence-electron chi connectivity index (χ3n) is 6.52. The van der Waals surface area contributed by atoms with Gasteiger partial charge in [-0.1, -0.05) is 6.07 Å². The first kappa shape index (κ1) is 35.7. The van der Waals surface area contributed by atoms with Gasteiger partial charge >= 0.3 is 12.3 Å². The maximum Gasteiger partial charge on any atom is 0.422 e. The molecule has 0 aliphatic rings. The quantitative estimate of drug-likeness (QED) is 0.0924. The highest BCUT2D eigenvalue weighted by atomic mass is 32.1. The molecule has 0 atom stereocenters. The van der Waals surface area contributed by atoms with Gasteiger partial charge in [0.05, 0.1) is 29.8 Å². The van der Waals surface area contributed by atoms with Crippen LogP contribution in [0.3, 0.4) is 0 Å². The number of carbonyl (C=O) groups excluding carboxylic acids is 2. The lowest BCUT2D eigenvalue weighted by Crippen LogP contribution is -2.33. The number of ether oxygens (including phenoxy) is 2. The second-order valence-electron chi connectivity index (χ2n) is 10.4. The van der Waals surface area contributed by atoms with Crippen molar-refractivity contribution in [2.24, 2.45) is 0 Å². The molecule has 0 bridgehead atoms. The first-order valence-corrected chi connectivity index (χ1v) is 14.9. The Balaban J connectivity index is 1.88. The molecule has 0 radical (unpaired) electrons. The molecule has 2 heterocycles. The zero-order chi connectivity index (χ0) is 35.2. The minimum Gasteiger partial charge on any atom is -0.483 e. The molecule has 4 rings (SSSR count). The second kappa shape index (κ2) is 15.2. The molecule has 0 aliphatic carbocycles. The van der Waals surface area contributed by atoms with Crippen molar-refractivity contribution in [2.45, 2.75) is 26.2 Å². The van der Waals surface area contributed by atoms with Gasteiger partial charge in [0.2, 0.25) is 0 Å². The third kappa shape index (κ3) is 8.80. The number of hydrogen-bond donors (Lipinski definition) is 1. The van der Waals surface area contributed by atoms with E-state index in [-0.39, 0.29) is 41.0 Å². The lowest BCUT2D eigenvalue weighted by atomic mass is 10.0. The number of carbonyl (C=O) groups is 2. The summed E-state index contributed by atoms with van der Waals surface area (Å²) < 4.78 is 77.3. The summed E-state index contributed by atoms with van der Waals surface area (Å²) in [6, 6.07) is 11.0. The number of non-ortho nitro benzene ring substituents is 1. The predicted octanol–water partition coefficient (Wildman–Crippen LogP) is 7.41. The summed E-state index contributed by atoms with van der Waals surface area (Å²) >= 11 is 0.915. The number of hydrogen-bond acceptors (Lipinski definition) is 9. The molecule has 11 nitrogen and oxygen atoms in total. The van der Waals surface area contributed by atoms with Crippen LogP contribution in [0.25, 0.3) is 10.4 Å². The van der Waals surface area contributed by atoms with Gasteiger partial charge in [0.25, 0.3) is 11.6 Å². The van der Waals surface area contributed by atoms with E-state index in [9.17, 15) is 41.7 Å². The lowest BCUT2D eigenvalue weighted by Gasteiger charge is -2.23. The molecule has 0 unspecified atom stereocenters. The molecule has 0 saturated heterocycles. The molecule has 0 saturated carbocycles. The highest BCUT2D eigenvalue weighted by Crippen LogP contribution is 2.44. The van der Waals surface area contributed by atoms with Gasteiger partial charge in [0, 0.05) is 29.1 Å². The molecule has 48 heavy (non-hydrogen) atoms. The van der Waals surface area contributed by atoms with E-state index < -0.39 is 53.4 Å². The molecule has 2 aromatic carbocycles. The fourth-order valence-electron chi connectivity index (χ4n) is 4.46. The summed E-state index contributed by atoms with van der Waals surface area (Å²) in [6.07, 6.45) is -4.63. The Morgan fingerprint density at radius 3 is 2.21 bits per heavy atom. The number of alkyl halides is 3. The molecular formula is C31H28F5N5O6S. The van der Waals surface area contributed by atoms with Gasteiger partial charge in [-0.05, 0) is 68.5 Å². The van der Waals surface area contributed by atoms with Crippen molar-refractivity contribution in [2.75, 3.05) is 37.5 Å². The van der Waals surface area contributed by atoms with Crippen LogP contribution >= 0.6 is 11.3 Å². The van der Waals surface area contributed by atoms with Crippen LogP contribution < -0.4 is 15.0 Å². The normalized spacial score (nSPS) is 11.4. The van der Waals surface area contributed by atoms with Crippen LogP contribution in [0.2, 0.25) is 0 Å². The third-order valence-corrected chi connectivity index (χ3v) is 7.83.